The number of para-hydroxylation sites is 1. The quantitative estimate of drug-likeness (QED) is 0.587. The SMILES string of the molecule is CCC(=O)N1c2ccccc2[C@H](Nc2ccc(-c3cnn(CCN)c3)cc2)C[C@@H]1C.Cl. The summed E-state index contributed by atoms with van der Waals surface area (Å²) in [5.74, 6) is 0.174. The number of hydrogen-bond donors (Lipinski definition) is 2. The molecule has 0 saturated carbocycles. The Morgan fingerprint density at radius 3 is 2.61 bits per heavy atom. The average Bonchev–Trinajstić information content (AvgIpc) is 3.23. The highest BCUT2D eigenvalue weighted by atomic mass is 35.5. The Morgan fingerprint density at radius 2 is 1.90 bits per heavy atom. The maximum atomic E-state index is 12.5. The van der Waals surface area contributed by atoms with E-state index in [0.717, 1.165) is 35.5 Å². The van der Waals surface area contributed by atoms with Gasteiger partial charge in [-0.3, -0.25) is 9.48 Å². The number of nitrogens with zero attached hydrogens (tertiary/aromatic N) is 3. The normalized spacial score (nSPS) is 17.6. The van der Waals surface area contributed by atoms with Crippen molar-refractivity contribution in [3.63, 3.8) is 0 Å². The van der Waals surface area contributed by atoms with Crippen molar-refractivity contribution in [2.75, 3.05) is 16.8 Å². The van der Waals surface area contributed by atoms with E-state index in [1.54, 1.807) is 0 Å². The summed E-state index contributed by atoms with van der Waals surface area (Å²) in [6, 6.07) is 17.0. The minimum Gasteiger partial charge on any atom is -0.378 e. The highest BCUT2D eigenvalue weighted by Gasteiger charge is 2.32. The van der Waals surface area contributed by atoms with Crippen LogP contribution >= 0.6 is 12.4 Å². The number of rotatable bonds is 6. The lowest BCUT2D eigenvalue weighted by atomic mass is 9.91. The summed E-state index contributed by atoms with van der Waals surface area (Å²) < 4.78 is 1.87. The molecule has 3 aromatic rings. The van der Waals surface area contributed by atoms with Crippen molar-refractivity contribution in [2.24, 2.45) is 5.73 Å². The number of nitrogens with two attached hydrogens (primary N) is 1. The lowest BCUT2D eigenvalue weighted by Crippen LogP contribution is -2.44. The van der Waals surface area contributed by atoms with Crippen LogP contribution in [0.5, 0.6) is 0 Å². The van der Waals surface area contributed by atoms with Crippen LogP contribution in [0.1, 0.15) is 38.3 Å². The van der Waals surface area contributed by atoms with Gasteiger partial charge in [0.25, 0.3) is 0 Å². The van der Waals surface area contributed by atoms with Crippen molar-refractivity contribution in [3.05, 3.63) is 66.5 Å². The summed E-state index contributed by atoms with van der Waals surface area (Å²) in [6.45, 7) is 5.34. The fraction of sp³-hybridized carbons (Fsp3) is 0.333. The van der Waals surface area contributed by atoms with E-state index >= 15 is 0 Å². The van der Waals surface area contributed by atoms with Crippen LogP contribution in [0.25, 0.3) is 11.1 Å². The second-order valence-electron chi connectivity index (χ2n) is 7.82. The Morgan fingerprint density at radius 1 is 1.16 bits per heavy atom. The Bertz CT molecular complexity index is 1020. The largest absolute Gasteiger partial charge is 0.378 e. The molecule has 1 amide bonds. The van der Waals surface area contributed by atoms with E-state index in [1.807, 2.05) is 41.0 Å². The number of aromatic nitrogens is 2. The standard InChI is InChI=1S/C24H29N5O.ClH/c1-3-24(30)29-17(2)14-22(21-6-4-5-7-23(21)29)27-20-10-8-18(9-11-20)19-15-26-28(16-19)13-12-25;/h4-11,15-17,22,27H,3,12-14,25H2,1-2H3;1H/t17-,22+;/m0./s1. The highest BCUT2D eigenvalue weighted by Crippen LogP contribution is 2.39. The zero-order valence-electron chi connectivity index (χ0n) is 18.0. The van der Waals surface area contributed by atoms with E-state index in [2.05, 4.69) is 53.7 Å². The van der Waals surface area contributed by atoms with Crippen LogP contribution in [-0.4, -0.2) is 28.3 Å². The fourth-order valence-electron chi connectivity index (χ4n) is 4.23. The summed E-state index contributed by atoms with van der Waals surface area (Å²) in [4.78, 5) is 14.5. The number of anilines is 2. The van der Waals surface area contributed by atoms with Crippen LogP contribution in [0.15, 0.2) is 60.9 Å². The van der Waals surface area contributed by atoms with Gasteiger partial charge in [0.2, 0.25) is 5.91 Å². The van der Waals surface area contributed by atoms with Gasteiger partial charge in [-0.2, -0.15) is 5.10 Å². The van der Waals surface area contributed by atoms with Gasteiger partial charge in [-0.15, -0.1) is 12.4 Å². The van der Waals surface area contributed by atoms with Crippen LogP contribution < -0.4 is 16.0 Å². The van der Waals surface area contributed by atoms with Crippen molar-refractivity contribution in [3.8, 4) is 11.1 Å². The minimum absolute atomic E-state index is 0. The topological polar surface area (TPSA) is 76.2 Å². The van der Waals surface area contributed by atoms with E-state index < -0.39 is 0 Å². The first-order valence-corrected chi connectivity index (χ1v) is 10.6. The van der Waals surface area contributed by atoms with E-state index in [-0.39, 0.29) is 30.4 Å². The van der Waals surface area contributed by atoms with Crippen LogP contribution in [0.4, 0.5) is 11.4 Å². The molecule has 0 bridgehead atoms. The number of halogens is 1. The lowest BCUT2D eigenvalue weighted by molar-refractivity contribution is -0.118. The summed E-state index contributed by atoms with van der Waals surface area (Å²) >= 11 is 0. The van der Waals surface area contributed by atoms with E-state index in [1.165, 1.54) is 5.56 Å². The van der Waals surface area contributed by atoms with E-state index in [9.17, 15) is 4.79 Å². The second-order valence-corrected chi connectivity index (χ2v) is 7.82. The van der Waals surface area contributed by atoms with Gasteiger partial charge in [0.15, 0.2) is 0 Å². The maximum Gasteiger partial charge on any atom is 0.226 e. The zero-order chi connectivity index (χ0) is 21.1. The van der Waals surface area contributed by atoms with Gasteiger partial charge in [-0.05, 0) is 42.7 Å². The molecule has 0 aliphatic carbocycles. The predicted molar refractivity (Wildman–Crippen MR) is 129 cm³/mol. The molecule has 0 fully saturated rings. The molecule has 0 spiro atoms. The van der Waals surface area contributed by atoms with Crippen molar-refractivity contribution < 1.29 is 4.79 Å². The number of benzene rings is 2. The van der Waals surface area contributed by atoms with Crippen LogP contribution in [-0.2, 0) is 11.3 Å². The molecule has 164 valence electrons. The molecule has 4 rings (SSSR count). The number of fused-ring (bicyclic) bond motifs is 1. The minimum atomic E-state index is 0. The smallest absolute Gasteiger partial charge is 0.226 e. The molecule has 2 atom stereocenters. The summed E-state index contributed by atoms with van der Waals surface area (Å²) in [5.41, 5.74) is 11.1. The van der Waals surface area contributed by atoms with Crippen LogP contribution in [0.2, 0.25) is 0 Å². The number of hydrogen-bond acceptors (Lipinski definition) is 4. The molecule has 1 aliphatic rings. The number of amides is 1. The summed E-state index contributed by atoms with van der Waals surface area (Å²) in [6.07, 6.45) is 5.28. The number of nitrogens with one attached hydrogen (secondary N) is 1. The Balaban J connectivity index is 0.00000272. The molecule has 1 aromatic heterocycles. The zero-order valence-corrected chi connectivity index (χ0v) is 18.8. The summed E-state index contributed by atoms with van der Waals surface area (Å²) in [5, 5.41) is 8.02. The molecular weight excluding hydrogens is 410 g/mol. The number of carbonyl (C=O) groups is 1. The Hall–Kier alpha value is -2.83. The molecule has 7 heteroatoms. The van der Waals surface area contributed by atoms with Crippen molar-refractivity contribution in [2.45, 2.75) is 45.3 Å². The third-order valence-electron chi connectivity index (χ3n) is 5.71. The third-order valence-corrected chi connectivity index (χ3v) is 5.71. The lowest BCUT2D eigenvalue weighted by Gasteiger charge is -2.40. The molecule has 6 nitrogen and oxygen atoms in total. The molecule has 2 aromatic carbocycles. The first-order valence-electron chi connectivity index (χ1n) is 10.6. The van der Waals surface area contributed by atoms with Crippen molar-refractivity contribution >= 4 is 29.7 Å². The average molecular weight is 440 g/mol. The van der Waals surface area contributed by atoms with Crippen LogP contribution in [0.3, 0.4) is 0 Å². The third kappa shape index (κ3) is 4.75. The Kier molecular flexibility index (Phi) is 7.36. The molecule has 2 heterocycles. The van der Waals surface area contributed by atoms with E-state index in [4.69, 9.17) is 5.73 Å². The molecule has 0 radical (unpaired) electrons. The predicted octanol–water partition coefficient (Wildman–Crippen LogP) is 4.62. The first kappa shape index (κ1) is 22.8. The molecular formula is C24H30ClN5O. The van der Waals surface area contributed by atoms with Gasteiger partial charge in [0, 0.05) is 42.1 Å². The molecule has 3 N–H and O–H groups in total. The van der Waals surface area contributed by atoms with Gasteiger partial charge < -0.3 is 16.0 Å². The molecule has 0 saturated heterocycles. The van der Waals surface area contributed by atoms with Gasteiger partial charge >= 0.3 is 0 Å². The monoisotopic (exact) mass is 439 g/mol. The number of carbonyl (C=O) groups excluding carboxylic acids is 1. The van der Waals surface area contributed by atoms with E-state index in [0.29, 0.717) is 13.0 Å². The van der Waals surface area contributed by atoms with Crippen LogP contribution in [0, 0.1) is 0 Å². The molecule has 0 unspecified atom stereocenters. The summed E-state index contributed by atoms with van der Waals surface area (Å²) in [7, 11) is 0. The Labute approximate surface area is 189 Å². The van der Waals surface area contributed by atoms with Crippen molar-refractivity contribution in [1.29, 1.82) is 0 Å². The van der Waals surface area contributed by atoms with Gasteiger partial charge in [0.1, 0.15) is 0 Å². The van der Waals surface area contributed by atoms with Crippen molar-refractivity contribution in [1.82, 2.24) is 9.78 Å². The fourth-order valence-corrected chi connectivity index (χ4v) is 4.23. The first-order chi connectivity index (χ1) is 14.6. The van der Waals surface area contributed by atoms with Gasteiger partial charge in [0.05, 0.1) is 18.8 Å². The molecule has 1 aliphatic heterocycles. The second kappa shape index (κ2) is 9.98. The van der Waals surface area contributed by atoms with Gasteiger partial charge in [-0.1, -0.05) is 37.3 Å². The highest BCUT2D eigenvalue weighted by molar-refractivity contribution is 5.95. The maximum absolute atomic E-state index is 12.5. The van der Waals surface area contributed by atoms with Gasteiger partial charge in [-0.25, -0.2) is 0 Å². The molecule has 31 heavy (non-hydrogen) atoms.